The molecule has 1 aliphatic carbocycles. The van der Waals surface area contributed by atoms with Crippen LogP contribution in [0.15, 0.2) is 30.3 Å². The number of anilines is 3. The van der Waals surface area contributed by atoms with Crippen molar-refractivity contribution in [3.63, 3.8) is 0 Å². The number of halogens is 3. The van der Waals surface area contributed by atoms with E-state index in [4.69, 9.17) is 5.73 Å². The van der Waals surface area contributed by atoms with Crippen molar-refractivity contribution >= 4 is 23.4 Å². The van der Waals surface area contributed by atoms with Gasteiger partial charge in [0.2, 0.25) is 5.95 Å². The van der Waals surface area contributed by atoms with Crippen molar-refractivity contribution in [2.45, 2.75) is 25.1 Å². The highest BCUT2D eigenvalue weighted by Gasteiger charge is 2.34. The molecule has 0 spiro atoms. The molecule has 1 aliphatic rings. The molecule has 0 radical (unpaired) electrons. The Labute approximate surface area is 135 Å². The van der Waals surface area contributed by atoms with Crippen LogP contribution < -0.4 is 16.4 Å². The van der Waals surface area contributed by atoms with Crippen molar-refractivity contribution in [3.8, 4) is 0 Å². The molecule has 126 valence electrons. The van der Waals surface area contributed by atoms with Crippen molar-refractivity contribution in [1.82, 2.24) is 9.97 Å². The number of nitrogens with zero attached hydrogens (tertiary/aromatic N) is 2. The van der Waals surface area contributed by atoms with Crippen LogP contribution in [0.1, 0.15) is 28.9 Å². The lowest BCUT2D eigenvalue weighted by Gasteiger charge is -2.12. The first-order valence-electron chi connectivity index (χ1n) is 7.21. The lowest BCUT2D eigenvalue weighted by Crippen LogP contribution is -2.18. The quantitative estimate of drug-likeness (QED) is 0.746. The van der Waals surface area contributed by atoms with Gasteiger partial charge in [0.1, 0.15) is 5.82 Å². The maximum absolute atomic E-state index is 13.0. The monoisotopic (exact) mass is 337 g/mol. The molecule has 0 unspecified atom stereocenters. The van der Waals surface area contributed by atoms with E-state index >= 15 is 0 Å². The van der Waals surface area contributed by atoms with E-state index in [2.05, 4.69) is 20.6 Å². The van der Waals surface area contributed by atoms with E-state index in [1.807, 2.05) is 0 Å². The highest BCUT2D eigenvalue weighted by molar-refractivity contribution is 6.04. The molecule has 1 fully saturated rings. The number of aromatic nitrogens is 2. The van der Waals surface area contributed by atoms with Gasteiger partial charge in [-0.1, -0.05) is 0 Å². The Morgan fingerprint density at radius 2 is 1.83 bits per heavy atom. The number of carbonyl (C=O) groups is 1. The first-order chi connectivity index (χ1) is 11.3. The lowest BCUT2D eigenvalue weighted by atomic mass is 10.2. The molecule has 0 atom stereocenters. The van der Waals surface area contributed by atoms with Crippen LogP contribution in [0.25, 0.3) is 0 Å². The number of nitrogen functional groups attached to an aromatic ring is 1. The Kier molecular flexibility index (Phi) is 4.00. The van der Waals surface area contributed by atoms with E-state index in [1.54, 1.807) is 0 Å². The van der Waals surface area contributed by atoms with Crippen molar-refractivity contribution < 1.29 is 18.0 Å². The zero-order valence-corrected chi connectivity index (χ0v) is 12.4. The smallest absolute Gasteiger partial charge is 0.399 e. The number of hydrogen-bond donors (Lipinski definition) is 3. The van der Waals surface area contributed by atoms with Crippen molar-refractivity contribution in [1.29, 1.82) is 0 Å². The number of nitrogens with one attached hydrogen (secondary N) is 2. The van der Waals surface area contributed by atoms with Crippen LogP contribution in [0.3, 0.4) is 0 Å². The largest absolute Gasteiger partial charge is 0.433 e. The molecule has 0 saturated heterocycles. The van der Waals surface area contributed by atoms with Gasteiger partial charge in [0.05, 0.1) is 0 Å². The Morgan fingerprint density at radius 1 is 1.17 bits per heavy atom. The average Bonchev–Trinajstić information content (AvgIpc) is 3.30. The first-order valence-corrected chi connectivity index (χ1v) is 7.21. The van der Waals surface area contributed by atoms with Crippen LogP contribution in [0, 0.1) is 0 Å². The summed E-state index contributed by atoms with van der Waals surface area (Å²) < 4.78 is 38.9. The van der Waals surface area contributed by atoms with E-state index in [0.717, 1.165) is 12.8 Å². The molecular formula is C15H14F3N5O. The molecule has 6 nitrogen and oxygen atoms in total. The summed E-state index contributed by atoms with van der Waals surface area (Å²) >= 11 is 0. The van der Waals surface area contributed by atoms with Gasteiger partial charge in [-0.05, 0) is 37.1 Å². The third-order valence-corrected chi connectivity index (χ3v) is 3.34. The molecule has 1 aromatic carbocycles. The normalized spacial score (nSPS) is 14.3. The van der Waals surface area contributed by atoms with Gasteiger partial charge in [-0.25, -0.2) is 4.98 Å². The summed E-state index contributed by atoms with van der Waals surface area (Å²) in [6, 6.07) is 6.77. The maximum atomic E-state index is 13.0. The second-order valence-electron chi connectivity index (χ2n) is 5.45. The molecule has 0 aliphatic heterocycles. The number of amides is 1. The predicted octanol–water partition coefficient (Wildman–Crippen LogP) is 2.90. The van der Waals surface area contributed by atoms with Gasteiger partial charge in [0.25, 0.3) is 5.91 Å². The summed E-state index contributed by atoms with van der Waals surface area (Å²) in [7, 11) is 0. The average molecular weight is 337 g/mol. The first kappa shape index (κ1) is 16.0. The van der Waals surface area contributed by atoms with E-state index in [-0.39, 0.29) is 23.4 Å². The van der Waals surface area contributed by atoms with Gasteiger partial charge in [0.15, 0.2) is 5.69 Å². The van der Waals surface area contributed by atoms with Gasteiger partial charge >= 0.3 is 6.18 Å². The third-order valence-electron chi connectivity index (χ3n) is 3.34. The number of alkyl halides is 3. The molecular weight excluding hydrogens is 323 g/mol. The molecule has 3 rings (SSSR count). The molecule has 0 bridgehead atoms. The van der Waals surface area contributed by atoms with Crippen LogP contribution in [0.4, 0.5) is 30.6 Å². The van der Waals surface area contributed by atoms with E-state index in [1.165, 1.54) is 24.3 Å². The summed E-state index contributed by atoms with van der Waals surface area (Å²) in [4.78, 5) is 19.5. The van der Waals surface area contributed by atoms with Crippen LogP contribution in [0.2, 0.25) is 0 Å². The van der Waals surface area contributed by atoms with E-state index in [0.29, 0.717) is 11.8 Å². The minimum atomic E-state index is -4.64. The fraction of sp³-hybridized carbons (Fsp3) is 0.267. The number of nitrogens with two attached hydrogens (primary N) is 1. The molecule has 1 saturated carbocycles. The molecule has 1 aromatic heterocycles. The van der Waals surface area contributed by atoms with Crippen LogP contribution in [-0.2, 0) is 6.18 Å². The molecule has 4 N–H and O–H groups in total. The van der Waals surface area contributed by atoms with Crippen molar-refractivity contribution in [2.24, 2.45) is 0 Å². The SMILES string of the molecule is Nc1ccc(C(=O)Nc2cc(C(F)(F)F)nc(NC3CC3)n2)cc1. The molecule has 24 heavy (non-hydrogen) atoms. The summed E-state index contributed by atoms with van der Waals surface area (Å²) in [6.07, 6.45) is -2.93. The fourth-order valence-electron chi connectivity index (χ4n) is 1.95. The lowest BCUT2D eigenvalue weighted by molar-refractivity contribution is -0.141. The Balaban J connectivity index is 1.85. The Bertz CT molecular complexity index is 757. The number of hydrogen-bond acceptors (Lipinski definition) is 5. The minimum Gasteiger partial charge on any atom is -0.399 e. The fourth-order valence-corrected chi connectivity index (χ4v) is 1.95. The van der Waals surface area contributed by atoms with Gasteiger partial charge in [-0.2, -0.15) is 18.2 Å². The third kappa shape index (κ3) is 3.92. The van der Waals surface area contributed by atoms with E-state index < -0.39 is 17.8 Å². The topological polar surface area (TPSA) is 92.9 Å². The second-order valence-corrected chi connectivity index (χ2v) is 5.45. The maximum Gasteiger partial charge on any atom is 0.433 e. The zero-order chi connectivity index (χ0) is 17.3. The summed E-state index contributed by atoms with van der Waals surface area (Å²) in [5.74, 6) is -0.957. The summed E-state index contributed by atoms with van der Waals surface area (Å²) in [5.41, 5.74) is 5.15. The molecule has 2 aromatic rings. The number of rotatable bonds is 4. The van der Waals surface area contributed by atoms with Crippen molar-refractivity contribution in [3.05, 3.63) is 41.6 Å². The Morgan fingerprint density at radius 3 is 2.42 bits per heavy atom. The van der Waals surface area contributed by atoms with Crippen LogP contribution >= 0.6 is 0 Å². The van der Waals surface area contributed by atoms with Gasteiger partial charge < -0.3 is 16.4 Å². The minimum absolute atomic E-state index is 0.0779. The Hall–Kier alpha value is -2.84. The second kappa shape index (κ2) is 5.99. The van der Waals surface area contributed by atoms with Gasteiger partial charge in [-0.15, -0.1) is 0 Å². The molecule has 1 heterocycles. The highest BCUT2D eigenvalue weighted by Crippen LogP contribution is 2.31. The van der Waals surface area contributed by atoms with Gasteiger partial charge in [-0.3, -0.25) is 4.79 Å². The predicted molar refractivity (Wildman–Crippen MR) is 82.5 cm³/mol. The highest BCUT2D eigenvalue weighted by atomic mass is 19.4. The van der Waals surface area contributed by atoms with Crippen molar-refractivity contribution in [2.75, 3.05) is 16.4 Å². The van der Waals surface area contributed by atoms with E-state index in [9.17, 15) is 18.0 Å². The summed E-state index contributed by atoms with van der Waals surface area (Å²) in [5, 5.41) is 5.15. The number of benzene rings is 1. The van der Waals surface area contributed by atoms with Crippen LogP contribution in [-0.4, -0.2) is 21.9 Å². The number of carbonyl (C=O) groups excluding carboxylic acids is 1. The summed E-state index contributed by atoms with van der Waals surface area (Å²) in [6.45, 7) is 0. The standard InChI is InChI=1S/C15H14F3N5O/c16-15(17,18)11-7-12(23-14(21-11)20-10-5-6-10)22-13(24)8-1-3-9(19)4-2-8/h1-4,7,10H,5-6,19H2,(H2,20,21,22,23,24). The molecule has 9 heteroatoms. The molecule has 1 amide bonds. The van der Waals surface area contributed by atoms with Gasteiger partial charge in [0, 0.05) is 23.4 Å². The van der Waals surface area contributed by atoms with Crippen LogP contribution in [0.5, 0.6) is 0 Å². The zero-order valence-electron chi connectivity index (χ0n) is 12.4.